The monoisotopic (exact) mass is 260 g/mol. The second kappa shape index (κ2) is 7.06. The summed E-state index contributed by atoms with van der Waals surface area (Å²) in [6, 6.07) is 9.30. The van der Waals surface area contributed by atoms with Crippen LogP contribution in [0.3, 0.4) is 0 Å². The lowest BCUT2D eigenvalue weighted by Gasteiger charge is -2.35. The van der Waals surface area contributed by atoms with E-state index in [1.165, 1.54) is 44.1 Å². The van der Waals surface area contributed by atoms with Crippen LogP contribution in [-0.2, 0) is 6.42 Å². The Morgan fingerprint density at radius 1 is 1.32 bits per heavy atom. The van der Waals surface area contributed by atoms with Crippen molar-refractivity contribution >= 4 is 0 Å². The number of nitrogens with one attached hydrogen (secondary N) is 1. The van der Waals surface area contributed by atoms with Gasteiger partial charge in [0, 0.05) is 6.04 Å². The summed E-state index contributed by atoms with van der Waals surface area (Å²) in [5.74, 6) is 7.25. The molecule has 0 bridgehead atoms. The van der Waals surface area contributed by atoms with Crippen molar-refractivity contribution in [3.8, 4) is 0 Å². The van der Waals surface area contributed by atoms with E-state index in [0.29, 0.717) is 12.0 Å². The Kier molecular flexibility index (Phi) is 5.41. The molecule has 3 N–H and O–H groups in total. The standard InChI is InChI=1S/C17H28N2/c1-3-5-8-13(4-2)17(19-18)12-15-11-14-9-6-7-10-16(14)15/h6-7,9-10,13,15,17,19H,3-5,8,11-12,18H2,1-2H3. The number of unbranched alkanes of at least 4 members (excludes halogenated alkanes) is 1. The predicted molar refractivity (Wildman–Crippen MR) is 81.9 cm³/mol. The van der Waals surface area contributed by atoms with Crippen LogP contribution < -0.4 is 11.3 Å². The van der Waals surface area contributed by atoms with Crippen molar-refractivity contribution in [3.05, 3.63) is 35.4 Å². The minimum absolute atomic E-state index is 0.468. The van der Waals surface area contributed by atoms with Crippen molar-refractivity contribution in [1.29, 1.82) is 0 Å². The van der Waals surface area contributed by atoms with E-state index in [0.717, 1.165) is 5.92 Å². The Bertz CT molecular complexity index is 389. The summed E-state index contributed by atoms with van der Waals surface area (Å²) in [7, 11) is 0. The molecule has 2 nitrogen and oxygen atoms in total. The number of hydrogen-bond donors (Lipinski definition) is 2. The van der Waals surface area contributed by atoms with E-state index in [4.69, 9.17) is 5.84 Å². The molecule has 3 unspecified atom stereocenters. The Morgan fingerprint density at radius 3 is 2.74 bits per heavy atom. The fourth-order valence-corrected chi connectivity index (χ4v) is 3.43. The lowest BCUT2D eigenvalue weighted by atomic mass is 9.72. The molecule has 2 rings (SSSR count). The van der Waals surface area contributed by atoms with E-state index < -0.39 is 0 Å². The molecule has 1 aliphatic rings. The van der Waals surface area contributed by atoms with Crippen molar-refractivity contribution in [2.24, 2.45) is 11.8 Å². The van der Waals surface area contributed by atoms with Gasteiger partial charge in [-0.15, -0.1) is 0 Å². The van der Waals surface area contributed by atoms with Crippen molar-refractivity contribution in [3.63, 3.8) is 0 Å². The van der Waals surface area contributed by atoms with E-state index >= 15 is 0 Å². The number of fused-ring (bicyclic) bond motifs is 1. The van der Waals surface area contributed by atoms with Gasteiger partial charge in [-0.05, 0) is 42.2 Å². The van der Waals surface area contributed by atoms with Crippen LogP contribution in [0.5, 0.6) is 0 Å². The van der Waals surface area contributed by atoms with Crippen molar-refractivity contribution < 1.29 is 0 Å². The lowest BCUT2D eigenvalue weighted by molar-refractivity contribution is 0.283. The normalized spacial score (nSPS) is 20.5. The van der Waals surface area contributed by atoms with Gasteiger partial charge in [-0.25, -0.2) is 0 Å². The van der Waals surface area contributed by atoms with E-state index in [2.05, 4.69) is 43.5 Å². The number of rotatable bonds is 8. The zero-order valence-corrected chi connectivity index (χ0v) is 12.4. The first-order valence-electron chi connectivity index (χ1n) is 7.84. The van der Waals surface area contributed by atoms with Gasteiger partial charge in [-0.2, -0.15) is 0 Å². The van der Waals surface area contributed by atoms with Crippen molar-refractivity contribution in [1.82, 2.24) is 5.43 Å². The number of nitrogens with two attached hydrogens (primary N) is 1. The van der Waals surface area contributed by atoms with Crippen molar-refractivity contribution in [2.75, 3.05) is 0 Å². The molecule has 1 aromatic carbocycles. The van der Waals surface area contributed by atoms with Crippen LogP contribution in [-0.4, -0.2) is 6.04 Å². The fourth-order valence-electron chi connectivity index (χ4n) is 3.43. The number of hydrogen-bond acceptors (Lipinski definition) is 2. The molecular formula is C17H28N2. The largest absolute Gasteiger partial charge is 0.271 e. The van der Waals surface area contributed by atoms with Crippen LogP contribution in [0.1, 0.15) is 63.0 Å². The maximum atomic E-state index is 5.82. The highest BCUT2D eigenvalue weighted by molar-refractivity contribution is 5.39. The highest BCUT2D eigenvalue weighted by Crippen LogP contribution is 2.39. The molecular weight excluding hydrogens is 232 g/mol. The molecule has 0 fully saturated rings. The van der Waals surface area contributed by atoms with Gasteiger partial charge in [0.2, 0.25) is 0 Å². The van der Waals surface area contributed by atoms with Crippen molar-refractivity contribution in [2.45, 2.75) is 64.3 Å². The third kappa shape index (κ3) is 3.37. The molecule has 1 aliphatic carbocycles. The van der Waals surface area contributed by atoms with Crippen LogP contribution >= 0.6 is 0 Å². The quantitative estimate of drug-likeness (QED) is 0.551. The molecule has 1 aromatic rings. The molecule has 3 atom stereocenters. The Labute approximate surface area is 117 Å². The van der Waals surface area contributed by atoms with Gasteiger partial charge in [-0.1, -0.05) is 57.4 Å². The van der Waals surface area contributed by atoms with Gasteiger partial charge in [0.25, 0.3) is 0 Å². The van der Waals surface area contributed by atoms with Crippen LogP contribution in [0, 0.1) is 5.92 Å². The van der Waals surface area contributed by atoms with Crippen LogP contribution in [0.2, 0.25) is 0 Å². The van der Waals surface area contributed by atoms with E-state index in [1.807, 2.05) is 0 Å². The number of hydrazine groups is 1. The summed E-state index contributed by atoms with van der Waals surface area (Å²) in [6.45, 7) is 4.55. The molecule has 2 heteroatoms. The molecule has 0 saturated heterocycles. The smallest absolute Gasteiger partial charge is 0.0244 e. The van der Waals surface area contributed by atoms with E-state index in [9.17, 15) is 0 Å². The maximum Gasteiger partial charge on any atom is 0.0244 e. The topological polar surface area (TPSA) is 38.0 Å². The molecule has 106 valence electrons. The molecule has 0 aromatic heterocycles. The number of benzene rings is 1. The first-order valence-corrected chi connectivity index (χ1v) is 7.84. The third-order valence-corrected chi connectivity index (χ3v) is 4.74. The average Bonchev–Trinajstić information content (AvgIpc) is 2.42. The second-order valence-electron chi connectivity index (χ2n) is 5.92. The van der Waals surface area contributed by atoms with E-state index in [-0.39, 0.29) is 0 Å². The first kappa shape index (κ1) is 14.5. The van der Waals surface area contributed by atoms with Gasteiger partial charge in [0.1, 0.15) is 0 Å². The minimum Gasteiger partial charge on any atom is -0.271 e. The lowest BCUT2D eigenvalue weighted by Crippen LogP contribution is -2.43. The highest BCUT2D eigenvalue weighted by Gasteiger charge is 2.30. The highest BCUT2D eigenvalue weighted by atomic mass is 15.2. The Hall–Kier alpha value is -0.860. The fraction of sp³-hybridized carbons (Fsp3) is 0.647. The molecule has 19 heavy (non-hydrogen) atoms. The summed E-state index contributed by atoms with van der Waals surface area (Å²) in [5, 5.41) is 0. The molecule has 0 radical (unpaired) electrons. The molecule has 0 heterocycles. The first-order chi connectivity index (χ1) is 9.30. The van der Waals surface area contributed by atoms with Gasteiger partial charge in [0.05, 0.1) is 0 Å². The summed E-state index contributed by atoms with van der Waals surface area (Å²) in [6.07, 6.45) is 7.55. The zero-order chi connectivity index (χ0) is 13.7. The van der Waals surface area contributed by atoms with Gasteiger partial charge < -0.3 is 0 Å². The molecule has 0 saturated carbocycles. The van der Waals surface area contributed by atoms with Crippen LogP contribution in [0.25, 0.3) is 0 Å². The van der Waals surface area contributed by atoms with Gasteiger partial charge in [-0.3, -0.25) is 11.3 Å². The van der Waals surface area contributed by atoms with Crippen LogP contribution in [0.15, 0.2) is 24.3 Å². The van der Waals surface area contributed by atoms with E-state index in [1.54, 1.807) is 5.56 Å². The average molecular weight is 260 g/mol. The third-order valence-electron chi connectivity index (χ3n) is 4.74. The molecule has 0 spiro atoms. The Balaban J connectivity index is 1.93. The molecule has 0 amide bonds. The SMILES string of the molecule is CCCCC(CC)C(CC1Cc2ccccc21)NN. The summed E-state index contributed by atoms with van der Waals surface area (Å²) < 4.78 is 0. The summed E-state index contributed by atoms with van der Waals surface area (Å²) in [5.41, 5.74) is 6.17. The zero-order valence-electron chi connectivity index (χ0n) is 12.4. The van der Waals surface area contributed by atoms with Gasteiger partial charge >= 0.3 is 0 Å². The molecule has 0 aliphatic heterocycles. The second-order valence-corrected chi connectivity index (χ2v) is 5.92. The predicted octanol–water partition coefficient (Wildman–Crippen LogP) is 3.76. The van der Waals surface area contributed by atoms with Crippen LogP contribution in [0.4, 0.5) is 0 Å². The minimum atomic E-state index is 0.468. The maximum absolute atomic E-state index is 5.82. The summed E-state index contributed by atoms with van der Waals surface area (Å²) in [4.78, 5) is 0. The Morgan fingerprint density at radius 2 is 2.11 bits per heavy atom. The summed E-state index contributed by atoms with van der Waals surface area (Å²) >= 11 is 0. The van der Waals surface area contributed by atoms with Gasteiger partial charge in [0.15, 0.2) is 0 Å².